The highest BCUT2D eigenvalue weighted by Gasteiger charge is 2.19. The SMILES string of the molecule is Cc1ccc2nc(-c3ccc(NC(=O)c4cccc(S(=O)(=O)N(C)C)c4)cc3)sc2c1. The van der Waals surface area contributed by atoms with Gasteiger partial charge in [0.15, 0.2) is 0 Å². The molecule has 1 amide bonds. The predicted molar refractivity (Wildman–Crippen MR) is 125 cm³/mol. The smallest absolute Gasteiger partial charge is 0.255 e. The highest BCUT2D eigenvalue weighted by Crippen LogP contribution is 2.31. The molecule has 0 saturated carbocycles. The monoisotopic (exact) mass is 451 g/mol. The highest BCUT2D eigenvalue weighted by atomic mass is 32.2. The first-order valence-electron chi connectivity index (χ1n) is 9.55. The van der Waals surface area contributed by atoms with E-state index in [0.29, 0.717) is 5.69 Å². The lowest BCUT2D eigenvalue weighted by molar-refractivity contribution is 0.102. The van der Waals surface area contributed by atoms with Crippen molar-refractivity contribution in [3.63, 3.8) is 0 Å². The van der Waals surface area contributed by atoms with Crippen LogP contribution in [-0.4, -0.2) is 37.7 Å². The van der Waals surface area contributed by atoms with Gasteiger partial charge < -0.3 is 5.32 Å². The number of hydrogen-bond acceptors (Lipinski definition) is 5. The third-order valence-corrected chi connectivity index (χ3v) is 7.69. The average Bonchev–Trinajstić information content (AvgIpc) is 3.17. The van der Waals surface area contributed by atoms with Gasteiger partial charge in [0, 0.05) is 30.9 Å². The van der Waals surface area contributed by atoms with Crippen molar-refractivity contribution >= 4 is 43.2 Å². The van der Waals surface area contributed by atoms with Gasteiger partial charge in [-0.15, -0.1) is 11.3 Å². The van der Waals surface area contributed by atoms with Gasteiger partial charge in [-0.05, 0) is 67.1 Å². The van der Waals surface area contributed by atoms with E-state index in [-0.39, 0.29) is 16.4 Å². The van der Waals surface area contributed by atoms with Crippen LogP contribution in [0.3, 0.4) is 0 Å². The Morgan fingerprint density at radius 3 is 2.45 bits per heavy atom. The molecule has 31 heavy (non-hydrogen) atoms. The molecule has 1 aromatic heterocycles. The van der Waals surface area contributed by atoms with E-state index in [1.165, 1.54) is 31.8 Å². The Morgan fingerprint density at radius 1 is 1.00 bits per heavy atom. The van der Waals surface area contributed by atoms with Crippen LogP contribution in [0.25, 0.3) is 20.8 Å². The highest BCUT2D eigenvalue weighted by molar-refractivity contribution is 7.89. The van der Waals surface area contributed by atoms with E-state index < -0.39 is 10.0 Å². The standard InChI is InChI=1S/C23H21N3O3S2/c1-15-7-12-20-21(13-15)30-23(25-20)16-8-10-18(11-9-16)24-22(27)17-5-4-6-19(14-17)31(28,29)26(2)3/h4-14H,1-3H3,(H,24,27). The zero-order chi connectivity index (χ0) is 22.2. The minimum absolute atomic E-state index is 0.0755. The number of fused-ring (bicyclic) bond motifs is 1. The molecule has 0 atom stereocenters. The largest absolute Gasteiger partial charge is 0.322 e. The van der Waals surface area contributed by atoms with Crippen LogP contribution in [0.1, 0.15) is 15.9 Å². The number of sulfonamides is 1. The molecule has 0 bridgehead atoms. The number of thiazole rings is 1. The van der Waals surface area contributed by atoms with Crippen LogP contribution in [0.5, 0.6) is 0 Å². The molecule has 0 aliphatic rings. The second-order valence-electron chi connectivity index (χ2n) is 7.34. The Balaban J connectivity index is 1.53. The summed E-state index contributed by atoms with van der Waals surface area (Å²) in [5.41, 5.74) is 4.02. The van der Waals surface area contributed by atoms with E-state index in [1.54, 1.807) is 23.5 Å². The van der Waals surface area contributed by atoms with Gasteiger partial charge in [-0.1, -0.05) is 12.1 Å². The zero-order valence-electron chi connectivity index (χ0n) is 17.3. The third kappa shape index (κ3) is 4.36. The van der Waals surface area contributed by atoms with Crippen LogP contribution < -0.4 is 5.32 Å². The Morgan fingerprint density at radius 2 is 1.74 bits per heavy atom. The van der Waals surface area contributed by atoms with Crippen molar-refractivity contribution in [2.24, 2.45) is 0 Å². The molecule has 3 aromatic carbocycles. The lowest BCUT2D eigenvalue weighted by Crippen LogP contribution is -2.22. The summed E-state index contributed by atoms with van der Waals surface area (Å²) in [6.07, 6.45) is 0. The van der Waals surface area contributed by atoms with Crippen molar-refractivity contribution in [1.29, 1.82) is 0 Å². The van der Waals surface area contributed by atoms with E-state index in [1.807, 2.05) is 36.4 Å². The molecule has 1 N–H and O–H groups in total. The number of carbonyl (C=O) groups is 1. The maximum Gasteiger partial charge on any atom is 0.255 e. The van der Waals surface area contributed by atoms with Gasteiger partial charge in [-0.25, -0.2) is 17.7 Å². The summed E-state index contributed by atoms with van der Waals surface area (Å²) in [6.45, 7) is 2.06. The van der Waals surface area contributed by atoms with Crippen LogP contribution >= 0.6 is 11.3 Å². The zero-order valence-corrected chi connectivity index (χ0v) is 18.9. The van der Waals surface area contributed by atoms with Crippen molar-refractivity contribution in [2.75, 3.05) is 19.4 Å². The summed E-state index contributed by atoms with van der Waals surface area (Å²) in [5.74, 6) is -0.376. The van der Waals surface area contributed by atoms with E-state index >= 15 is 0 Å². The Bertz CT molecular complexity index is 1370. The Labute approximate surface area is 185 Å². The minimum atomic E-state index is -3.61. The van der Waals surface area contributed by atoms with Crippen molar-refractivity contribution in [3.8, 4) is 10.6 Å². The second-order valence-corrected chi connectivity index (χ2v) is 10.5. The summed E-state index contributed by atoms with van der Waals surface area (Å²) in [6, 6.07) is 19.6. The number of rotatable bonds is 5. The van der Waals surface area contributed by atoms with Crippen LogP contribution in [0.15, 0.2) is 71.6 Å². The first-order valence-corrected chi connectivity index (χ1v) is 11.8. The molecule has 0 unspecified atom stereocenters. The summed E-state index contributed by atoms with van der Waals surface area (Å²) >= 11 is 1.63. The predicted octanol–water partition coefficient (Wildman–Crippen LogP) is 4.77. The number of nitrogens with one attached hydrogen (secondary N) is 1. The fourth-order valence-corrected chi connectivity index (χ4v) is 5.08. The second kappa shape index (κ2) is 8.22. The fourth-order valence-electron chi connectivity index (χ4n) is 3.06. The average molecular weight is 452 g/mol. The molecular weight excluding hydrogens is 430 g/mol. The maximum atomic E-state index is 12.6. The normalized spacial score (nSPS) is 11.7. The Kier molecular flexibility index (Phi) is 5.62. The van der Waals surface area contributed by atoms with E-state index in [2.05, 4.69) is 23.3 Å². The lowest BCUT2D eigenvalue weighted by atomic mass is 10.2. The first kappa shape index (κ1) is 21.2. The maximum absolute atomic E-state index is 12.6. The molecule has 0 aliphatic carbocycles. The molecule has 0 fully saturated rings. The van der Waals surface area contributed by atoms with Crippen molar-refractivity contribution < 1.29 is 13.2 Å². The van der Waals surface area contributed by atoms with Crippen molar-refractivity contribution in [2.45, 2.75) is 11.8 Å². The van der Waals surface area contributed by atoms with Crippen molar-refractivity contribution in [1.82, 2.24) is 9.29 Å². The van der Waals surface area contributed by atoms with Crippen LogP contribution in [0, 0.1) is 6.92 Å². The minimum Gasteiger partial charge on any atom is -0.322 e. The summed E-state index contributed by atoms with van der Waals surface area (Å²) < 4.78 is 26.9. The fraction of sp³-hybridized carbons (Fsp3) is 0.130. The topological polar surface area (TPSA) is 79.4 Å². The lowest BCUT2D eigenvalue weighted by Gasteiger charge is -2.12. The molecule has 1 heterocycles. The van der Waals surface area contributed by atoms with E-state index in [4.69, 9.17) is 0 Å². The van der Waals surface area contributed by atoms with Gasteiger partial charge in [0.25, 0.3) is 5.91 Å². The van der Waals surface area contributed by atoms with Gasteiger partial charge in [-0.2, -0.15) is 0 Å². The summed E-state index contributed by atoms with van der Waals surface area (Å²) in [4.78, 5) is 17.4. The number of nitrogens with zero attached hydrogens (tertiary/aromatic N) is 2. The van der Waals surface area contributed by atoms with Gasteiger partial charge in [0.05, 0.1) is 15.1 Å². The molecule has 0 radical (unpaired) electrons. The molecule has 6 nitrogen and oxygen atoms in total. The van der Waals surface area contributed by atoms with Gasteiger partial charge in [-0.3, -0.25) is 4.79 Å². The van der Waals surface area contributed by atoms with Crippen molar-refractivity contribution in [3.05, 3.63) is 77.9 Å². The van der Waals surface area contributed by atoms with Crippen LogP contribution in [0.4, 0.5) is 5.69 Å². The summed E-state index contributed by atoms with van der Waals surface area (Å²) in [5, 5.41) is 3.73. The molecule has 4 aromatic rings. The number of aromatic nitrogens is 1. The first-order chi connectivity index (χ1) is 14.7. The molecule has 158 valence electrons. The van der Waals surface area contributed by atoms with Gasteiger partial charge in [0.2, 0.25) is 10.0 Å². The number of anilines is 1. The molecule has 8 heteroatoms. The third-order valence-electron chi connectivity index (χ3n) is 4.81. The van der Waals surface area contributed by atoms with Gasteiger partial charge >= 0.3 is 0 Å². The number of aryl methyl sites for hydroxylation is 1. The number of carbonyl (C=O) groups excluding carboxylic acids is 1. The van der Waals surface area contributed by atoms with Crippen LogP contribution in [-0.2, 0) is 10.0 Å². The number of hydrogen-bond donors (Lipinski definition) is 1. The Hall–Kier alpha value is -3.07. The molecule has 4 rings (SSSR count). The molecule has 0 saturated heterocycles. The van der Waals surface area contributed by atoms with E-state index in [0.717, 1.165) is 25.1 Å². The number of amides is 1. The van der Waals surface area contributed by atoms with Crippen LogP contribution in [0.2, 0.25) is 0 Å². The quantitative estimate of drug-likeness (QED) is 0.474. The molecule has 0 spiro atoms. The summed E-state index contributed by atoms with van der Waals surface area (Å²) in [7, 11) is -0.699. The van der Waals surface area contributed by atoms with Gasteiger partial charge in [0.1, 0.15) is 5.01 Å². The van der Waals surface area contributed by atoms with E-state index in [9.17, 15) is 13.2 Å². The molecular formula is C23H21N3O3S2. The molecule has 0 aliphatic heterocycles. The number of benzene rings is 3.